The zero-order valence-corrected chi connectivity index (χ0v) is 16.5. The minimum Gasteiger partial charge on any atom is -0.390 e. The van der Waals surface area contributed by atoms with Crippen molar-refractivity contribution in [3.05, 3.63) is 53.5 Å². The van der Waals surface area contributed by atoms with E-state index in [-0.39, 0.29) is 6.61 Å². The molecule has 1 aliphatic rings. The van der Waals surface area contributed by atoms with Crippen LogP contribution in [0.3, 0.4) is 0 Å². The maximum atomic E-state index is 9.35. The van der Waals surface area contributed by atoms with Crippen LogP contribution < -0.4 is 5.32 Å². The van der Waals surface area contributed by atoms with Crippen molar-refractivity contribution in [1.29, 1.82) is 0 Å². The van der Waals surface area contributed by atoms with Gasteiger partial charge in [-0.1, -0.05) is 36.7 Å². The largest absolute Gasteiger partial charge is 0.390 e. The summed E-state index contributed by atoms with van der Waals surface area (Å²) in [4.78, 5) is 9.19. The maximum Gasteiger partial charge on any atom is 0.184 e. The molecule has 144 valence electrons. The third-order valence-corrected chi connectivity index (χ3v) is 6.37. The molecule has 0 unspecified atom stereocenters. The number of hydrogen-bond acceptors (Lipinski definition) is 6. The minimum atomic E-state index is -0.0723. The van der Waals surface area contributed by atoms with Crippen LogP contribution >= 0.6 is 11.3 Å². The Kier molecular flexibility index (Phi) is 4.70. The lowest BCUT2D eigenvalue weighted by Gasteiger charge is -2.22. The fourth-order valence-electron chi connectivity index (χ4n) is 3.94. The molecule has 0 atom stereocenters. The summed E-state index contributed by atoms with van der Waals surface area (Å²) in [7, 11) is 0. The molecule has 6 nitrogen and oxygen atoms in total. The van der Waals surface area contributed by atoms with Crippen LogP contribution in [0.1, 0.15) is 49.1 Å². The normalized spacial score (nSPS) is 15.5. The molecule has 7 heteroatoms. The Hall–Kier alpha value is -2.51. The zero-order chi connectivity index (χ0) is 18.9. The summed E-state index contributed by atoms with van der Waals surface area (Å²) in [6.07, 6.45) is 9.09. The first-order valence-corrected chi connectivity index (χ1v) is 10.7. The predicted octanol–water partition coefficient (Wildman–Crippen LogP) is 4.17. The highest BCUT2D eigenvalue weighted by Gasteiger charge is 2.15. The highest BCUT2D eigenvalue weighted by molar-refractivity contribution is 7.22. The molecule has 0 radical (unpaired) electrons. The second-order valence-corrected chi connectivity index (χ2v) is 8.51. The van der Waals surface area contributed by atoms with Gasteiger partial charge >= 0.3 is 0 Å². The van der Waals surface area contributed by atoms with Gasteiger partial charge in [-0.15, -0.1) is 0 Å². The molecule has 4 aromatic rings. The second kappa shape index (κ2) is 7.48. The van der Waals surface area contributed by atoms with Gasteiger partial charge in [-0.05, 0) is 42.7 Å². The lowest BCUT2D eigenvalue weighted by atomic mass is 9.96. The molecular weight excluding hydrogens is 370 g/mol. The third kappa shape index (κ3) is 3.47. The van der Waals surface area contributed by atoms with E-state index in [1.54, 1.807) is 17.4 Å². The van der Waals surface area contributed by atoms with Gasteiger partial charge in [-0.25, -0.2) is 14.5 Å². The van der Waals surface area contributed by atoms with Gasteiger partial charge in [0.1, 0.15) is 0 Å². The number of aliphatic hydroxyl groups is 1. The first-order chi connectivity index (χ1) is 13.8. The lowest BCUT2D eigenvalue weighted by Crippen LogP contribution is -2.21. The van der Waals surface area contributed by atoms with Crippen LogP contribution in [0, 0.1) is 0 Å². The molecule has 0 saturated heterocycles. The van der Waals surface area contributed by atoms with Crippen molar-refractivity contribution < 1.29 is 5.11 Å². The number of aromatic nitrogens is 4. The molecule has 3 heterocycles. The predicted molar refractivity (Wildman–Crippen MR) is 112 cm³/mol. The summed E-state index contributed by atoms with van der Waals surface area (Å²) in [5.41, 5.74) is 4.70. The van der Waals surface area contributed by atoms with Gasteiger partial charge in [0.2, 0.25) is 0 Å². The Labute approximate surface area is 167 Å². The van der Waals surface area contributed by atoms with Gasteiger partial charge in [0, 0.05) is 12.5 Å². The number of nitrogens with zero attached hydrogens (tertiary/aromatic N) is 4. The fourth-order valence-corrected chi connectivity index (χ4v) is 4.94. The molecular formula is C21H23N5OS. The number of anilines is 1. The highest BCUT2D eigenvalue weighted by atomic mass is 32.1. The van der Waals surface area contributed by atoms with Crippen molar-refractivity contribution in [2.45, 2.75) is 51.2 Å². The molecule has 1 aromatic carbocycles. The number of nitrogens with one attached hydrogen (secondary N) is 1. The van der Waals surface area contributed by atoms with E-state index in [1.165, 1.54) is 42.4 Å². The smallest absolute Gasteiger partial charge is 0.184 e. The number of benzene rings is 1. The van der Waals surface area contributed by atoms with Crippen molar-refractivity contribution in [3.8, 4) is 0 Å². The molecule has 1 aliphatic carbocycles. The van der Waals surface area contributed by atoms with Crippen LogP contribution in [0.15, 0.2) is 36.5 Å². The average molecular weight is 394 g/mol. The SMILES string of the molecule is OCc1ccc2ncc(Cc3ccc4nc(NC5CCCCC5)sc4c3)n2n1. The van der Waals surface area contributed by atoms with E-state index in [4.69, 9.17) is 4.98 Å². The van der Waals surface area contributed by atoms with Crippen molar-refractivity contribution in [1.82, 2.24) is 19.6 Å². The Balaban J connectivity index is 1.39. The lowest BCUT2D eigenvalue weighted by molar-refractivity contribution is 0.275. The number of rotatable bonds is 5. The molecule has 1 saturated carbocycles. The van der Waals surface area contributed by atoms with Crippen molar-refractivity contribution in [2.24, 2.45) is 0 Å². The van der Waals surface area contributed by atoms with E-state index >= 15 is 0 Å². The molecule has 28 heavy (non-hydrogen) atoms. The van der Waals surface area contributed by atoms with Crippen LogP contribution in [-0.4, -0.2) is 30.7 Å². The van der Waals surface area contributed by atoms with Gasteiger partial charge in [-0.2, -0.15) is 5.10 Å². The topological polar surface area (TPSA) is 75.3 Å². The van der Waals surface area contributed by atoms with Gasteiger partial charge in [0.25, 0.3) is 0 Å². The quantitative estimate of drug-likeness (QED) is 0.532. The van der Waals surface area contributed by atoms with E-state index in [0.717, 1.165) is 28.4 Å². The van der Waals surface area contributed by atoms with Gasteiger partial charge in [0.05, 0.1) is 34.4 Å². The molecule has 1 fully saturated rings. The molecule has 0 amide bonds. The zero-order valence-electron chi connectivity index (χ0n) is 15.6. The summed E-state index contributed by atoms with van der Waals surface area (Å²) >= 11 is 1.73. The van der Waals surface area contributed by atoms with E-state index in [9.17, 15) is 5.11 Å². The van der Waals surface area contributed by atoms with Crippen molar-refractivity contribution in [2.75, 3.05) is 5.32 Å². The molecule has 2 N–H and O–H groups in total. The summed E-state index contributed by atoms with van der Waals surface area (Å²) < 4.78 is 3.02. The van der Waals surface area contributed by atoms with E-state index < -0.39 is 0 Å². The summed E-state index contributed by atoms with van der Waals surface area (Å²) in [6, 6.07) is 10.7. The van der Waals surface area contributed by atoms with Crippen LogP contribution in [-0.2, 0) is 13.0 Å². The fraction of sp³-hybridized carbons (Fsp3) is 0.381. The van der Waals surface area contributed by atoms with Crippen LogP contribution in [0.25, 0.3) is 15.9 Å². The second-order valence-electron chi connectivity index (χ2n) is 7.48. The minimum absolute atomic E-state index is 0.0723. The first kappa shape index (κ1) is 17.6. The van der Waals surface area contributed by atoms with Crippen LogP contribution in [0.5, 0.6) is 0 Å². The number of hydrogen-bond donors (Lipinski definition) is 2. The van der Waals surface area contributed by atoms with Crippen molar-refractivity contribution in [3.63, 3.8) is 0 Å². The molecule has 5 rings (SSSR count). The number of thiazole rings is 1. The van der Waals surface area contributed by atoms with Crippen molar-refractivity contribution >= 4 is 32.3 Å². The maximum absolute atomic E-state index is 9.35. The van der Waals surface area contributed by atoms with Gasteiger partial charge in [0.15, 0.2) is 10.8 Å². The van der Waals surface area contributed by atoms with Crippen LogP contribution in [0.2, 0.25) is 0 Å². The monoisotopic (exact) mass is 393 g/mol. The number of imidazole rings is 1. The molecule has 0 aliphatic heterocycles. The highest BCUT2D eigenvalue weighted by Crippen LogP contribution is 2.30. The van der Waals surface area contributed by atoms with Gasteiger partial charge in [-0.3, -0.25) is 0 Å². The first-order valence-electron chi connectivity index (χ1n) is 9.88. The Morgan fingerprint density at radius 3 is 2.89 bits per heavy atom. The summed E-state index contributed by atoms with van der Waals surface area (Å²) in [6.45, 7) is -0.0723. The van der Waals surface area contributed by atoms with Crippen LogP contribution in [0.4, 0.5) is 5.13 Å². The van der Waals surface area contributed by atoms with E-state index in [2.05, 4.69) is 33.6 Å². The molecule has 0 spiro atoms. The Bertz CT molecular complexity index is 1110. The Morgan fingerprint density at radius 1 is 1.14 bits per heavy atom. The summed E-state index contributed by atoms with van der Waals surface area (Å²) in [5, 5.41) is 18.5. The van der Waals surface area contributed by atoms with E-state index in [1.807, 2.05) is 16.8 Å². The number of fused-ring (bicyclic) bond motifs is 2. The summed E-state index contributed by atoms with van der Waals surface area (Å²) in [5.74, 6) is 0. The average Bonchev–Trinajstić information content (AvgIpc) is 3.31. The standard InChI is InChI=1S/C21H23N5OS/c27-13-16-7-9-20-22-12-17(26(20)25-16)10-14-6-8-18-19(11-14)28-21(24-18)23-15-4-2-1-3-5-15/h6-9,11-12,15,27H,1-5,10,13H2,(H,23,24). The van der Waals surface area contributed by atoms with E-state index in [0.29, 0.717) is 11.7 Å². The number of aliphatic hydroxyl groups excluding tert-OH is 1. The van der Waals surface area contributed by atoms with Gasteiger partial charge < -0.3 is 10.4 Å². The third-order valence-electron chi connectivity index (χ3n) is 5.42. The Morgan fingerprint density at radius 2 is 2.04 bits per heavy atom. The molecule has 0 bridgehead atoms. The molecule has 3 aromatic heterocycles.